The molecule has 0 unspecified atom stereocenters. The summed E-state index contributed by atoms with van der Waals surface area (Å²) >= 11 is 3.58. The molecule has 1 aliphatic heterocycles. The summed E-state index contributed by atoms with van der Waals surface area (Å²) < 4.78 is 0.988. The van der Waals surface area contributed by atoms with Gasteiger partial charge in [0.25, 0.3) is 5.91 Å². The van der Waals surface area contributed by atoms with Gasteiger partial charge in [-0.3, -0.25) is 4.79 Å². The van der Waals surface area contributed by atoms with Crippen LogP contribution in [0.1, 0.15) is 12.5 Å². The number of nitrogens with zero attached hydrogens (tertiary/aromatic N) is 3. The average molecular weight is 384 g/mol. The third-order valence-electron chi connectivity index (χ3n) is 3.83. The summed E-state index contributed by atoms with van der Waals surface area (Å²) in [4.78, 5) is 14.7. The first kappa shape index (κ1) is 16.5. The standard InChI is InChI=1S/C19H18BrN3O/c1-13-16(11-14-9-10-18(22(2)3)17(20)12-14)19(24)23(21-13)15-7-5-4-6-8-15/h4-12H,1-3H3/b16-11+. The van der Waals surface area contributed by atoms with Crippen molar-refractivity contribution >= 4 is 45.0 Å². The van der Waals surface area contributed by atoms with Gasteiger partial charge < -0.3 is 4.90 Å². The van der Waals surface area contributed by atoms with E-state index in [1.165, 1.54) is 5.01 Å². The van der Waals surface area contributed by atoms with E-state index in [1.807, 2.05) is 80.5 Å². The number of carbonyl (C=O) groups is 1. The van der Waals surface area contributed by atoms with Gasteiger partial charge in [0.1, 0.15) is 0 Å². The van der Waals surface area contributed by atoms with Crippen LogP contribution in [0.25, 0.3) is 6.08 Å². The van der Waals surface area contributed by atoms with Crippen LogP contribution in [0.5, 0.6) is 0 Å². The highest BCUT2D eigenvalue weighted by atomic mass is 79.9. The maximum atomic E-state index is 12.7. The number of anilines is 2. The molecule has 0 aliphatic carbocycles. The fraction of sp³-hybridized carbons (Fsp3) is 0.158. The van der Waals surface area contributed by atoms with Gasteiger partial charge >= 0.3 is 0 Å². The van der Waals surface area contributed by atoms with Crippen molar-refractivity contribution in [2.75, 3.05) is 24.0 Å². The number of benzene rings is 2. The van der Waals surface area contributed by atoms with Crippen molar-refractivity contribution in [2.24, 2.45) is 5.10 Å². The molecule has 0 aromatic heterocycles. The number of hydrogen-bond acceptors (Lipinski definition) is 3. The van der Waals surface area contributed by atoms with E-state index in [0.717, 1.165) is 27.1 Å². The lowest BCUT2D eigenvalue weighted by Crippen LogP contribution is -2.21. The third-order valence-corrected chi connectivity index (χ3v) is 4.46. The van der Waals surface area contributed by atoms with Gasteiger partial charge in [-0.1, -0.05) is 24.3 Å². The Morgan fingerprint density at radius 1 is 1.12 bits per heavy atom. The van der Waals surface area contributed by atoms with Gasteiger partial charge in [0.2, 0.25) is 0 Å². The Kier molecular flexibility index (Phi) is 4.53. The molecule has 0 N–H and O–H groups in total. The van der Waals surface area contributed by atoms with Crippen LogP contribution in [-0.4, -0.2) is 25.7 Å². The lowest BCUT2D eigenvalue weighted by molar-refractivity contribution is -0.114. The first-order valence-electron chi connectivity index (χ1n) is 7.61. The Morgan fingerprint density at radius 3 is 2.46 bits per heavy atom. The monoisotopic (exact) mass is 383 g/mol. The summed E-state index contributed by atoms with van der Waals surface area (Å²) in [6, 6.07) is 15.5. The highest BCUT2D eigenvalue weighted by molar-refractivity contribution is 9.10. The van der Waals surface area contributed by atoms with Gasteiger partial charge in [0, 0.05) is 18.6 Å². The molecule has 0 fully saturated rings. The van der Waals surface area contributed by atoms with Crippen LogP contribution in [0.15, 0.2) is 63.7 Å². The molecule has 0 bridgehead atoms. The lowest BCUT2D eigenvalue weighted by Gasteiger charge is -2.15. The summed E-state index contributed by atoms with van der Waals surface area (Å²) in [5.41, 5.74) is 4.15. The van der Waals surface area contributed by atoms with Crippen LogP contribution in [0.4, 0.5) is 11.4 Å². The molecule has 24 heavy (non-hydrogen) atoms. The topological polar surface area (TPSA) is 35.9 Å². The Morgan fingerprint density at radius 2 is 1.83 bits per heavy atom. The smallest absolute Gasteiger partial charge is 0.280 e. The number of hydrogen-bond donors (Lipinski definition) is 0. The zero-order valence-electron chi connectivity index (χ0n) is 13.8. The second kappa shape index (κ2) is 6.61. The number of para-hydroxylation sites is 1. The summed E-state index contributed by atoms with van der Waals surface area (Å²) in [5.74, 6) is -0.105. The fourth-order valence-corrected chi connectivity index (χ4v) is 3.32. The highest BCUT2D eigenvalue weighted by Crippen LogP contribution is 2.29. The van der Waals surface area contributed by atoms with Gasteiger partial charge in [-0.2, -0.15) is 10.1 Å². The Hall–Kier alpha value is -2.40. The van der Waals surface area contributed by atoms with E-state index in [0.29, 0.717) is 5.57 Å². The number of carbonyl (C=O) groups excluding carboxylic acids is 1. The van der Waals surface area contributed by atoms with E-state index >= 15 is 0 Å². The zero-order chi connectivity index (χ0) is 17.3. The zero-order valence-corrected chi connectivity index (χ0v) is 15.4. The number of hydrazone groups is 1. The largest absolute Gasteiger partial charge is 0.377 e. The van der Waals surface area contributed by atoms with E-state index in [-0.39, 0.29) is 5.91 Å². The molecule has 0 radical (unpaired) electrons. The normalized spacial score (nSPS) is 15.8. The molecule has 2 aromatic rings. The minimum Gasteiger partial charge on any atom is -0.377 e. The number of rotatable bonds is 3. The van der Waals surface area contributed by atoms with Crippen molar-refractivity contribution in [1.82, 2.24) is 0 Å². The molecule has 3 rings (SSSR count). The first-order valence-corrected chi connectivity index (χ1v) is 8.40. The van der Waals surface area contributed by atoms with Crippen LogP contribution in [0, 0.1) is 0 Å². The van der Waals surface area contributed by atoms with Crippen LogP contribution in [0.3, 0.4) is 0 Å². The number of amides is 1. The molecule has 5 heteroatoms. The summed E-state index contributed by atoms with van der Waals surface area (Å²) in [6.07, 6.45) is 1.88. The van der Waals surface area contributed by atoms with E-state index in [9.17, 15) is 4.79 Å². The van der Waals surface area contributed by atoms with E-state index in [4.69, 9.17) is 0 Å². The van der Waals surface area contributed by atoms with Gasteiger partial charge in [-0.25, -0.2) is 0 Å². The van der Waals surface area contributed by atoms with Crippen molar-refractivity contribution in [3.8, 4) is 0 Å². The van der Waals surface area contributed by atoms with E-state index in [1.54, 1.807) is 0 Å². The van der Waals surface area contributed by atoms with Gasteiger partial charge in [0.05, 0.1) is 22.7 Å². The van der Waals surface area contributed by atoms with Gasteiger partial charge in [-0.05, 0) is 58.8 Å². The molecule has 4 nitrogen and oxygen atoms in total. The lowest BCUT2D eigenvalue weighted by atomic mass is 10.1. The SMILES string of the molecule is CC1=NN(c2ccccc2)C(=O)/C1=C/c1ccc(N(C)C)c(Br)c1. The molecule has 2 aromatic carbocycles. The van der Waals surface area contributed by atoms with Crippen molar-refractivity contribution in [1.29, 1.82) is 0 Å². The Bertz CT molecular complexity index is 841. The number of halogens is 1. The predicted octanol–water partition coefficient (Wildman–Crippen LogP) is 4.32. The minimum atomic E-state index is -0.105. The van der Waals surface area contributed by atoms with Crippen molar-refractivity contribution in [3.63, 3.8) is 0 Å². The second-order valence-electron chi connectivity index (χ2n) is 5.80. The van der Waals surface area contributed by atoms with Crippen molar-refractivity contribution in [2.45, 2.75) is 6.92 Å². The second-order valence-corrected chi connectivity index (χ2v) is 6.66. The molecular formula is C19H18BrN3O. The third kappa shape index (κ3) is 3.12. The van der Waals surface area contributed by atoms with Gasteiger partial charge in [0.15, 0.2) is 0 Å². The first-order chi connectivity index (χ1) is 11.5. The molecular weight excluding hydrogens is 366 g/mol. The van der Waals surface area contributed by atoms with Crippen molar-refractivity contribution < 1.29 is 4.79 Å². The predicted molar refractivity (Wildman–Crippen MR) is 103 cm³/mol. The molecule has 0 saturated carbocycles. The molecule has 1 heterocycles. The van der Waals surface area contributed by atoms with Crippen LogP contribution < -0.4 is 9.91 Å². The van der Waals surface area contributed by atoms with Crippen molar-refractivity contribution in [3.05, 3.63) is 64.1 Å². The molecule has 122 valence electrons. The Labute approximate surface area is 150 Å². The summed E-state index contributed by atoms with van der Waals surface area (Å²) in [6.45, 7) is 1.86. The van der Waals surface area contributed by atoms with Crippen LogP contribution in [-0.2, 0) is 4.79 Å². The molecule has 0 spiro atoms. The van der Waals surface area contributed by atoms with E-state index < -0.39 is 0 Å². The minimum absolute atomic E-state index is 0.105. The van der Waals surface area contributed by atoms with E-state index in [2.05, 4.69) is 21.0 Å². The molecule has 1 amide bonds. The molecule has 0 atom stereocenters. The highest BCUT2D eigenvalue weighted by Gasteiger charge is 2.28. The van der Waals surface area contributed by atoms with Crippen LogP contribution in [0.2, 0.25) is 0 Å². The maximum Gasteiger partial charge on any atom is 0.280 e. The Balaban J connectivity index is 1.93. The summed E-state index contributed by atoms with van der Waals surface area (Å²) in [5, 5.41) is 5.85. The average Bonchev–Trinajstić information content (AvgIpc) is 2.83. The maximum absolute atomic E-state index is 12.7. The summed E-state index contributed by atoms with van der Waals surface area (Å²) in [7, 11) is 3.99. The molecule has 0 saturated heterocycles. The van der Waals surface area contributed by atoms with Gasteiger partial charge in [-0.15, -0.1) is 0 Å². The van der Waals surface area contributed by atoms with Crippen LogP contribution >= 0.6 is 15.9 Å². The molecule has 1 aliphatic rings. The quantitative estimate of drug-likeness (QED) is 0.739. The fourth-order valence-electron chi connectivity index (χ4n) is 2.57.